The summed E-state index contributed by atoms with van der Waals surface area (Å²) in [4.78, 5) is 24.0. The quantitative estimate of drug-likeness (QED) is 0.862. The van der Waals surface area contributed by atoms with E-state index >= 15 is 0 Å². The molecule has 2 N–H and O–H groups in total. The number of amides is 1. The van der Waals surface area contributed by atoms with E-state index in [0.29, 0.717) is 10.9 Å². The third-order valence-electron chi connectivity index (χ3n) is 1.96. The molecule has 2 aromatic heterocycles. The van der Waals surface area contributed by atoms with Gasteiger partial charge in [-0.25, -0.2) is 9.97 Å². The van der Waals surface area contributed by atoms with Gasteiger partial charge in [-0.3, -0.25) is 15.1 Å². The zero-order valence-electron chi connectivity index (χ0n) is 9.39. The van der Waals surface area contributed by atoms with Crippen molar-refractivity contribution in [1.82, 2.24) is 15.0 Å². The molecule has 1 amide bonds. The number of carbonyl (C=O) groups excluding carboxylic acids is 1. The lowest BCUT2D eigenvalue weighted by atomic mass is 10.4. The Morgan fingerprint density at radius 3 is 2.82 bits per heavy atom. The lowest BCUT2D eigenvalue weighted by molar-refractivity contribution is 0.102. The summed E-state index contributed by atoms with van der Waals surface area (Å²) >= 11 is 1.38. The van der Waals surface area contributed by atoms with Gasteiger partial charge in [0.15, 0.2) is 5.13 Å². The molecule has 0 unspecified atom stereocenters. The predicted octanol–water partition coefficient (Wildman–Crippen LogP) is 1.54. The Labute approximate surface area is 102 Å². The van der Waals surface area contributed by atoms with Crippen molar-refractivity contribution in [1.29, 1.82) is 0 Å². The lowest BCUT2D eigenvalue weighted by Gasteiger charge is -2.02. The van der Waals surface area contributed by atoms with Gasteiger partial charge in [-0.2, -0.15) is 0 Å². The minimum atomic E-state index is -0.316. The fraction of sp³-hybridized carbons (Fsp3) is 0.200. The minimum Gasteiger partial charge on any atom is -0.372 e. The summed E-state index contributed by atoms with van der Waals surface area (Å²) in [7, 11) is 1.72. The Kier molecular flexibility index (Phi) is 3.29. The Hall–Kier alpha value is -2.02. The molecule has 0 fully saturated rings. The van der Waals surface area contributed by atoms with Crippen LogP contribution in [0, 0.1) is 6.92 Å². The van der Waals surface area contributed by atoms with Gasteiger partial charge in [0.1, 0.15) is 11.5 Å². The molecule has 6 nitrogen and oxygen atoms in total. The van der Waals surface area contributed by atoms with Crippen molar-refractivity contribution in [2.45, 2.75) is 6.92 Å². The van der Waals surface area contributed by atoms with E-state index in [2.05, 4.69) is 25.6 Å². The van der Waals surface area contributed by atoms with E-state index in [1.165, 1.54) is 17.5 Å². The third-order valence-corrected chi connectivity index (χ3v) is 2.84. The first kappa shape index (κ1) is 11.5. The van der Waals surface area contributed by atoms with Gasteiger partial charge in [0.05, 0.1) is 18.1 Å². The summed E-state index contributed by atoms with van der Waals surface area (Å²) < 4.78 is 0. The van der Waals surface area contributed by atoms with Crippen molar-refractivity contribution >= 4 is 28.2 Å². The molecule has 2 rings (SSSR count). The molecule has 0 saturated carbocycles. The van der Waals surface area contributed by atoms with Gasteiger partial charge in [-0.05, 0) is 6.92 Å². The molecular formula is C10H11N5OS. The number of nitrogens with zero attached hydrogens (tertiary/aromatic N) is 3. The maximum atomic E-state index is 11.8. The topological polar surface area (TPSA) is 79.8 Å². The summed E-state index contributed by atoms with van der Waals surface area (Å²) in [5.41, 5.74) is 1.13. The van der Waals surface area contributed by atoms with Crippen LogP contribution in [0.3, 0.4) is 0 Å². The van der Waals surface area contributed by atoms with Crippen LogP contribution < -0.4 is 10.6 Å². The molecule has 0 saturated heterocycles. The summed E-state index contributed by atoms with van der Waals surface area (Å²) in [6.07, 6.45) is 2.96. The number of anilines is 2. The van der Waals surface area contributed by atoms with Gasteiger partial charge in [-0.1, -0.05) is 0 Å². The fourth-order valence-electron chi connectivity index (χ4n) is 1.17. The van der Waals surface area contributed by atoms with Crippen LogP contribution in [-0.2, 0) is 0 Å². The van der Waals surface area contributed by atoms with Crippen molar-refractivity contribution in [2.75, 3.05) is 17.7 Å². The molecule has 2 heterocycles. The summed E-state index contributed by atoms with van der Waals surface area (Å²) in [5, 5.41) is 7.92. The summed E-state index contributed by atoms with van der Waals surface area (Å²) in [5.74, 6) is 0.233. The Bertz CT molecular complexity index is 539. The fourth-order valence-corrected chi connectivity index (χ4v) is 1.85. The normalized spacial score (nSPS) is 10.0. The van der Waals surface area contributed by atoms with Crippen molar-refractivity contribution in [3.63, 3.8) is 0 Å². The number of rotatable bonds is 3. The molecule has 0 atom stereocenters. The van der Waals surface area contributed by atoms with Crippen molar-refractivity contribution in [2.24, 2.45) is 0 Å². The van der Waals surface area contributed by atoms with Crippen LogP contribution >= 0.6 is 11.3 Å². The molecule has 0 aliphatic rings. The van der Waals surface area contributed by atoms with Crippen LogP contribution in [-0.4, -0.2) is 27.9 Å². The number of carbonyl (C=O) groups is 1. The van der Waals surface area contributed by atoms with Crippen LogP contribution in [0.4, 0.5) is 10.9 Å². The number of hydrogen-bond donors (Lipinski definition) is 2. The first-order valence-corrected chi connectivity index (χ1v) is 5.80. The maximum absolute atomic E-state index is 11.8. The highest BCUT2D eigenvalue weighted by molar-refractivity contribution is 7.13. The number of thiazole rings is 1. The van der Waals surface area contributed by atoms with Crippen molar-refractivity contribution in [3.8, 4) is 0 Å². The molecule has 0 aliphatic carbocycles. The number of aryl methyl sites for hydroxylation is 1. The Morgan fingerprint density at radius 1 is 1.35 bits per heavy atom. The second-order valence-corrected chi connectivity index (χ2v) is 4.15. The zero-order valence-corrected chi connectivity index (χ0v) is 10.2. The number of hydrogen-bond acceptors (Lipinski definition) is 6. The molecule has 17 heavy (non-hydrogen) atoms. The van der Waals surface area contributed by atoms with Gasteiger partial charge in [0.2, 0.25) is 0 Å². The lowest BCUT2D eigenvalue weighted by Crippen LogP contribution is -2.14. The summed E-state index contributed by atoms with van der Waals surface area (Å²) in [6.45, 7) is 1.87. The molecule has 2 aromatic rings. The number of nitrogens with one attached hydrogen (secondary N) is 2. The average molecular weight is 249 g/mol. The third kappa shape index (κ3) is 2.76. The molecule has 88 valence electrons. The number of aromatic nitrogens is 3. The first-order valence-electron chi connectivity index (χ1n) is 4.92. The second kappa shape index (κ2) is 4.88. The highest BCUT2D eigenvalue weighted by atomic mass is 32.1. The van der Waals surface area contributed by atoms with Crippen LogP contribution in [0.2, 0.25) is 0 Å². The van der Waals surface area contributed by atoms with Gasteiger partial charge < -0.3 is 5.32 Å². The zero-order chi connectivity index (χ0) is 12.3. The van der Waals surface area contributed by atoms with Gasteiger partial charge in [0.25, 0.3) is 5.91 Å². The van der Waals surface area contributed by atoms with E-state index in [-0.39, 0.29) is 11.6 Å². The summed E-state index contributed by atoms with van der Waals surface area (Å²) in [6, 6.07) is 0. The minimum absolute atomic E-state index is 0.254. The second-order valence-electron chi connectivity index (χ2n) is 3.29. The average Bonchev–Trinajstić information content (AvgIpc) is 2.75. The van der Waals surface area contributed by atoms with E-state index in [4.69, 9.17) is 0 Å². The highest BCUT2D eigenvalue weighted by Gasteiger charge is 2.10. The Balaban J connectivity index is 2.14. The molecule has 0 spiro atoms. The van der Waals surface area contributed by atoms with Gasteiger partial charge >= 0.3 is 0 Å². The SMILES string of the molecule is CNc1cncc(C(=O)Nc2nc(C)cs2)n1. The van der Waals surface area contributed by atoms with Crippen LogP contribution in [0.15, 0.2) is 17.8 Å². The highest BCUT2D eigenvalue weighted by Crippen LogP contribution is 2.15. The largest absolute Gasteiger partial charge is 0.372 e. The van der Waals surface area contributed by atoms with Crippen LogP contribution in [0.25, 0.3) is 0 Å². The van der Waals surface area contributed by atoms with Crippen LogP contribution in [0.5, 0.6) is 0 Å². The molecule has 7 heteroatoms. The van der Waals surface area contributed by atoms with E-state index < -0.39 is 0 Å². The predicted molar refractivity (Wildman–Crippen MR) is 66.4 cm³/mol. The van der Waals surface area contributed by atoms with E-state index in [1.807, 2.05) is 12.3 Å². The molecule has 0 aromatic carbocycles. The van der Waals surface area contributed by atoms with Gasteiger partial charge in [0, 0.05) is 12.4 Å². The van der Waals surface area contributed by atoms with E-state index in [1.54, 1.807) is 13.2 Å². The first-order chi connectivity index (χ1) is 8.19. The molecular weight excluding hydrogens is 238 g/mol. The van der Waals surface area contributed by atoms with Crippen LogP contribution in [0.1, 0.15) is 16.2 Å². The van der Waals surface area contributed by atoms with E-state index in [0.717, 1.165) is 5.69 Å². The standard InChI is InChI=1S/C10H11N5OS/c1-6-5-17-10(13-6)15-9(16)7-3-12-4-8(11-2)14-7/h3-5H,1-2H3,(H,11,14)(H,13,15,16). The smallest absolute Gasteiger partial charge is 0.277 e. The maximum Gasteiger partial charge on any atom is 0.277 e. The van der Waals surface area contributed by atoms with Crippen molar-refractivity contribution < 1.29 is 4.79 Å². The van der Waals surface area contributed by atoms with Crippen molar-refractivity contribution in [3.05, 3.63) is 29.2 Å². The van der Waals surface area contributed by atoms with Gasteiger partial charge in [-0.15, -0.1) is 11.3 Å². The Morgan fingerprint density at radius 2 is 2.18 bits per heavy atom. The van der Waals surface area contributed by atoms with E-state index in [9.17, 15) is 4.79 Å². The molecule has 0 aliphatic heterocycles. The monoisotopic (exact) mass is 249 g/mol. The molecule has 0 bridgehead atoms. The molecule has 0 radical (unpaired) electrons.